The van der Waals surface area contributed by atoms with Crippen LogP contribution in [0.1, 0.15) is 64.8 Å². The number of nitriles is 1. The summed E-state index contributed by atoms with van der Waals surface area (Å²) in [5.41, 5.74) is 1.87. The maximum absolute atomic E-state index is 13.2. The summed E-state index contributed by atoms with van der Waals surface area (Å²) in [7, 11) is 0. The van der Waals surface area contributed by atoms with Crippen molar-refractivity contribution in [1.29, 1.82) is 5.26 Å². The minimum absolute atomic E-state index is 0.0622. The van der Waals surface area contributed by atoms with Gasteiger partial charge in [-0.2, -0.15) is 5.26 Å². The molecule has 0 aliphatic rings. The van der Waals surface area contributed by atoms with E-state index in [2.05, 4.69) is 33.1 Å². The second kappa shape index (κ2) is 22.9. The van der Waals surface area contributed by atoms with E-state index < -0.39 is 23.9 Å². The summed E-state index contributed by atoms with van der Waals surface area (Å²) in [6, 6.07) is 19.0. The van der Waals surface area contributed by atoms with Gasteiger partial charge < -0.3 is 28.4 Å². The Morgan fingerprint density at radius 3 is 1.38 bits per heavy atom. The SMILES string of the molecule is C=CC(=O)OCCCCCOc1cnc(-c2ccc(C(=O)Oc3ccc(C#N)cc3OC(=O)c3ccc(-c4ncc(OCCCCCOC(=O)C=C)cn4)cc3)cc2)nc1. The molecule has 60 heavy (non-hydrogen) atoms. The summed E-state index contributed by atoms with van der Waals surface area (Å²) in [5.74, 6) is -0.694. The minimum Gasteiger partial charge on any atom is -0.490 e. The van der Waals surface area contributed by atoms with E-state index >= 15 is 0 Å². The molecule has 0 unspecified atom stereocenters. The highest BCUT2D eigenvalue weighted by Gasteiger charge is 2.18. The number of esters is 4. The highest BCUT2D eigenvalue weighted by atomic mass is 16.6. The van der Waals surface area contributed by atoms with Crippen molar-refractivity contribution in [3.8, 4) is 51.8 Å². The fraction of sp³-hybridized carbons (Fsp3) is 0.222. The van der Waals surface area contributed by atoms with Crippen molar-refractivity contribution in [2.75, 3.05) is 26.4 Å². The molecule has 0 spiro atoms. The van der Waals surface area contributed by atoms with E-state index in [1.165, 1.54) is 18.2 Å². The molecule has 0 radical (unpaired) electrons. The van der Waals surface area contributed by atoms with Gasteiger partial charge in [-0.25, -0.2) is 39.1 Å². The Balaban J connectivity index is 1.11. The smallest absolute Gasteiger partial charge is 0.343 e. The number of nitrogens with zero attached hydrogens (tertiary/aromatic N) is 5. The van der Waals surface area contributed by atoms with Crippen LogP contribution in [-0.2, 0) is 19.1 Å². The number of aromatic nitrogens is 4. The van der Waals surface area contributed by atoms with Crippen LogP contribution >= 0.6 is 0 Å². The third-order valence-corrected chi connectivity index (χ3v) is 8.43. The Hall–Kier alpha value is -7.73. The van der Waals surface area contributed by atoms with Crippen molar-refractivity contribution in [1.82, 2.24) is 19.9 Å². The number of rotatable bonds is 22. The van der Waals surface area contributed by atoms with Gasteiger partial charge in [-0.15, -0.1) is 0 Å². The van der Waals surface area contributed by atoms with E-state index in [0.29, 0.717) is 67.1 Å². The Bertz CT molecular complexity index is 2290. The summed E-state index contributed by atoms with van der Waals surface area (Å²) in [6.45, 7) is 8.28. The van der Waals surface area contributed by atoms with Crippen LogP contribution in [0.4, 0.5) is 0 Å². The van der Waals surface area contributed by atoms with Gasteiger partial charge in [0.25, 0.3) is 0 Å². The predicted octanol–water partition coefficient (Wildman–Crippen LogP) is 7.47. The van der Waals surface area contributed by atoms with Crippen LogP contribution in [0.25, 0.3) is 22.8 Å². The van der Waals surface area contributed by atoms with Gasteiger partial charge in [0.1, 0.15) is 0 Å². The van der Waals surface area contributed by atoms with E-state index in [1.807, 2.05) is 6.07 Å². The largest absolute Gasteiger partial charge is 0.490 e. The molecule has 15 heteroatoms. The van der Waals surface area contributed by atoms with Gasteiger partial charge in [-0.3, -0.25) is 0 Å². The van der Waals surface area contributed by atoms with Crippen LogP contribution < -0.4 is 18.9 Å². The molecule has 0 atom stereocenters. The molecule has 3 aromatic carbocycles. The molecule has 2 heterocycles. The molecule has 0 saturated carbocycles. The number of hydrogen-bond acceptors (Lipinski definition) is 15. The number of hydrogen-bond donors (Lipinski definition) is 0. The Morgan fingerprint density at radius 2 is 0.967 bits per heavy atom. The van der Waals surface area contributed by atoms with Crippen LogP contribution in [-0.4, -0.2) is 70.2 Å². The quantitative estimate of drug-likeness (QED) is 0.0288. The van der Waals surface area contributed by atoms with Gasteiger partial charge in [0.2, 0.25) is 0 Å². The highest BCUT2D eigenvalue weighted by Crippen LogP contribution is 2.31. The summed E-state index contributed by atoms with van der Waals surface area (Å²) in [5, 5.41) is 9.49. The lowest BCUT2D eigenvalue weighted by molar-refractivity contribution is -0.138. The summed E-state index contributed by atoms with van der Waals surface area (Å²) < 4.78 is 32.5. The van der Waals surface area contributed by atoms with E-state index in [4.69, 9.17) is 28.4 Å². The van der Waals surface area contributed by atoms with E-state index in [-0.39, 0.29) is 28.2 Å². The first-order valence-corrected chi connectivity index (χ1v) is 18.9. The zero-order valence-electron chi connectivity index (χ0n) is 32.6. The number of benzene rings is 3. The third kappa shape index (κ3) is 13.4. The maximum atomic E-state index is 13.2. The van der Waals surface area contributed by atoms with Crippen molar-refractivity contribution < 1.29 is 47.6 Å². The molecule has 0 saturated heterocycles. The molecule has 0 aliphatic heterocycles. The van der Waals surface area contributed by atoms with Crippen LogP contribution in [0, 0.1) is 11.3 Å². The molecule has 5 aromatic rings. The zero-order valence-corrected chi connectivity index (χ0v) is 32.6. The van der Waals surface area contributed by atoms with Crippen molar-refractivity contribution in [3.05, 3.63) is 134 Å². The Morgan fingerprint density at radius 1 is 0.550 bits per heavy atom. The van der Waals surface area contributed by atoms with Crippen LogP contribution in [0.3, 0.4) is 0 Å². The number of unbranched alkanes of at least 4 members (excludes halogenated alkanes) is 4. The van der Waals surface area contributed by atoms with Crippen molar-refractivity contribution in [2.24, 2.45) is 0 Å². The van der Waals surface area contributed by atoms with E-state index in [0.717, 1.165) is 44.3 Å². The maximum Gasteiger partial charge on any atom is 0.343 e. The molecule has 5 rings (SSSR count). The summed E-state index contributed by atoms with van der Waals surface area (Å²) >= 11 is 0. The number of carbonyl (C=O) groups excluding carboxylic acids is 4. The Labute approximate surface area is 346 Å². The normalized spacial score (nSPS) is 10.4. The summed E-state index contributed by atoms with van der Waals surface area (Å²) in [6.07, 6.45) is 13.1. The molecule has 2 aromatic heterocycles. The van der Waals surface area contributed by atoms with Gasteiger partial charge in [-0.05, 0) is 74.9 Å². The lowest BCUT2D eigenvalue weighted by Gasteiger charge is -2.12. The summed E-state index contributed by atoms with van der Waals surface area (Å²) in [4.78, 5) is 66.0. The van der Waals surface area contributed by atoms with Crippen LogP contribution in [0.5, 0.6) is 23.0 Å². The molecule has 0 bridgehead atoms. The van der Waals surface area contributed by atoms with Gasteiger partial charge in [-0.1, -0.05) is 37.4 Å². The first kappa shape index (κ1) is 43.4. The Kier molecular flexibility index (Phi) is 16.5. The second-order valence-corrected chi connectivity index (χ2v) is 12.8. The fourth-order valence-electron chi connectivity index (χ4n) is 5.25. The monoisotopic (exact) mass is 811 g/mol. The zero-order chi connectivity index (χ0) is 42.5. The fourth-order valence-corrected chi connectivity index (χ4v) is 5.25. The number of ether oxygens (including phenoxy) is 6. The number of carbonyl (C=O) groups is 4. The van der Waals surface area contributed by atoms with Gasteiger partial charge in [0.15, 0.2) is 34.6 Å². The molecule has 306 valence electrons. The minimum atomic E-state index is -0.748. The van der Waals surface area contributed by atoms with Gasteiger partial charge >= 0.3 is 23.9 Å². The topological polar surface area (TPSA) is 199 Å². The average molecular weight is 812 g/mol. The average Bonchev–Trinajstić information content (AvgIpc) is 3.29. The van der Waals surface area contributed by atoms with Crippen LogP contribution in [0.2, 0.25) is 0 Å². The first-order valence-electron chi connectivity index (χ1n) is 18.9. The van der Waals surface area contributed by atoms with Crippen molar-refractivity contribution in [3.63, 3.8) is 0 Å². The molecule has 0 N–H and O–H groups in total. The van der Waals surface area contributed by atoms with E-state index in [9.17, 15) is 24.4 Å². The lowest BCUT2D eigenvalue weighted by Crippen LogP contribution is -2.13. The molecular weight excluding hydrogens is 771 g/mol. The molecule has 0 amide bonds. The van der Waals surface area contributed by atoms with Gasteiger partial charge in [0.05, 0.1) is 74.0 Å². The second-order valence-electron chi connectivity index (χ2n) is 12.8. The highest BCUT2D eigenvalue weighted by molar-refractivity contribution is 5.94. The molecule has 0 aliphatic carbocycles. The molecule has 0 fully saturated rings. The molecular formula is C45H41N5O10. The third-order valence-electron chi connectivity index (χ3n) is 8.43. The predicted molar refractivity (Wildman–Crippen MR) is 217 cm³/mol. The van der Waals surface area contributed by atoms with Crippen LogP contribution in [0.15, 0.2) is 117 Å². The van der Waals surface area contributed by atoms with E-state index in [1.54, 1.807) is 73.3 Å². The van der Waals surface area contributed by atoms with Gasteiger partial charge in [0, 0.05) is 29.3 Å². The first-order chi connectivity index (χ1) is 29.3. The standard InChI is InChI=1S/C45H41N5O10/c1-3-40(51)57-23-9-5-7-21-55-36-27-47-42(48-28-36)32-12-16-34(17-13-32)44(53)59-38-20-11-31(26-46)25-39(38)60-45(54)35-18-14-33(15-19-35)43-49-29-37(30-50-43)56-22-8-6-10-24-58-41(52)4-2/h3-4,11-20,25,27-30H,1-2,5-10,21-24H2. The lowest BCUT2D eigenvalue weighted by atomic mass is 10.1. The van der Waals surface area contributed by atoms with Crippen molar-refractivity contribution >= 4 is 23.9 Å². The van der Waals surface area contributed by atoms with Crippen molar-refractivity contribution in [2.45, 2.75) is 38.5 Å². The molecule has 15 nitrogen and oxygen atoms in total.